The molecular weight excluding hydrogens is 346 g/mol. The zero-order chi connectivity index (χ0) is 18.5. The normalized spacial score (nSPS) is 15.1. The standard InChI is InChI=1S/C18H18F2N2O4/c19-18(20)26-15-3-1-14(2-4-15)21-16(23)12-5-8-22(9-6-12)17(24)13-7-10-25-11-13/h1-4,7,10-12,18H,5-6,8-9H2,(H,21,23). The van der Waals surface area contributed by atoms with Crippen molar-refractivity contribution in [2.75, 3.05) is 18.4 Å². The second-order valence-corrected chi connectivity index (χ2v) is 5.97. The number of hydrogen-bond donors (Lipinski definition) is 1. The second-order valence-electron chi connectivity index (χ2n) is 5.97. The van der Waals surface area contributed by atoms with Crippen LogP contribution in [0.3, 0.4) is 0 Å². The molecule has 138 valence electrons. The van der Waals surface area contributed by atoms with E-state index < -0.39 is 6.61 Å². The first-order valence-corrected chi connectivity index (χ1v) is 8.20. The molecule has 2 aromatic rings. The summed E-state index contributed by atoms with van der Waals surface area (Å²) in [5.41, 5.74) is 1.01. The van der Waals surface area contributed by atoms with E-state index in [2.05, 4.69) is 10.1 Å². The average Bonchev–Trinajstić information content (AvgIpc) is 3.17. The van der Waals surface area contributed by atoms with Crippen LogP contribution in [-0.4, -0.2) is 36.4 Å². The summed E-state index contributed by atoms with van der Waals surface area (Å²) in [6.07, 6.45) is 3.97. The SMILES string of the molecule is O=C(Nc1ccc(OC(F)F)cc1)C1CCN(C(=O)c2ccoc2)CC1. The molecule has 2 amide bonds. The number of halogens is 2. The highest BCUT2D eigenvalue weighted by Gasteiger charge is 2.28. The predicted octanol–water partition coefficient (Wildman–Crippen LogP) is 3.37. The number of likely N-dealkylation sites (tertiary alicyclic amines) is 1. The van der Waals surface area contributed by atoms with Crippen molar-refractivity contribution in [2.24, 2.45) is 5.92 Å². The van der Waals surface area contributed by atoms with E-state index in [-0.39, 0.29) is 23.5 Å². The third kappa shape index (κ3) is 4.38. The lowest BCUT2D eigenvalue weighted by Crippen LogP contribution is -2.41. The van der Waals surface area contributed by atoms with E-state index in [1.807, 2.05) is 0 Å². The van der Waals surface area contributed by atoms with Crippen LogP contribution in [-0.2, 0) is 4.79 Å². The van der Waals surface area contributed by atoms with Gasteiger partial charge >= 0.3 is 6.61 Å². The fourth-order valence-electron chi connectivity index (χ4n) is 2.88. The van der Waals surface area contributed by atoms with Gasteiger partial charge in [-0.1, -0.05) is 0 Å². The molecule has 1 N–H and O–H groups in total. The Morgan fingerprint density at radius 2 is 1.85 bits per heavy atom. The third-order valence-corrected chi connectivity index (χ3v) is 4.27. The fourth-order valence-corrected chi connectivity index (χ4v) is 2.88. The monoisotopic (exact) mass is 364 g/mol. The number of furan rings is 1. The van der Waals surface area contributed by atoms with Crippen LogP contribution in [0.25, 0.3) is 0 Å². The molecule has 6 nitrogen and oxygen atoms in total. The summed E-state index contributed by atoms with van der Waals surface area (Å²) < 4.78 is 33.4. The lowest BCUT2D eigenvalue weighted by Gasteiger charge is -2.31. The van der Waals surface area contributed by atoms with Crippen molar-refractivity contribution < 1.29 is 27.5 Å². The van der Waals surface area contributed by atoms with Crippen molar-refractivity contribution in [3.63, 3.8) is 0 Å². The molecule has 0 aliphatic carbocycles. The molecule has 0 saturated carbocycles. The Morgan fingerprint density at radius 3 is 2.42 bits per heavy atom. The van der Waals surface area contributed by atoms with Crippen LogP contribution >= 0.6 is 0 Å². The van der Waals surface area contributed by atoms with Gasteiger partial charge in [0.25, 0.3) is 5.91 Å². The van der Waals surface area contributed by atoms with Crippen molar-refractivity contribution in [3.05, 3.63) is 48.4 Å². The third-order valence-electron chi connectivity index (χ3n) is 4.27. The summed E-state index contributed by atoms with van der Waals surface area (Å²) in [5.74, 6) is -0.431. The number of anilines is 1. The quantitative estimate of drug-likeness (QED) is 0.883. The first-order chi connectivity index (χ1) is 12.5. The number of nitrogens with zero attached hydrogens (tertiary/aromatic N) is 1. The number of amides is 2. The molecule has 3 rings (SSSR count). The van der Waals surface area contributed by atoms with Crippen LogP contribution in [0.4, 0.5) is 14.5 Å². The Hall–Kier alpha value is -2.90. The fraction of sp³-hybridized carbons (Fsp3) is 0.333. The first kappa shape index (κ1) is 17.9. The van der Waals surface area contributed by atoms with Gasteiger partial charge in [0.15, 0.2) is 0 Å². The molecule has 1 saturated heterocycles. The Bertz CT molecular complexity index is 739. The Kier molecular flexibility index (Phi) is 5.50. The van der Waals surface area contributed by atoms with Crippen LogP contribution in [0.2, 0.25) is 0 Å². The van der Waals surface area contributed by atoms with Crippen LogP contribution in [0, 0.1) is 5.92 Å². The van der Waals surface area contributed by atoms with E-state index >= 15 is 0 Å². The maximum Gasteiger partial charge on any atom is 0.387 e. The highest BCUT2D eigenvalue weighted by molar-refractivity contribution is 5.95. The van der Waals surface area contributed by atoms with Crippen molar-refractivity contribution in [3.8, 4) is 5.75 Å². The Morgan fingerprint density at radius 1 is 1.15 bits per heavy atom. The molecule has 1 aliphatic rings. The van der Waals surface area contributed by atoms with E-state index in [0.717, 1.165) is 0 Å². The van der Waals surface area contributed by atoms with Gasteiger partial charge in [-0.25, -0.2) is 0 Å². The van der Waals surface area contributed by atoms with Crippen LogP contribution < -0.4 is 10.1 Å². The molecule has 1 aromatic carbocycles. The smallest absolute Gasteiger partial charge is 0.387 e. The molecule has 0 unspecified atom stereocenters. The predicted molar refractivity (Wildman–Crippen MR) is 89.0 cm³/mol. The summed E-state index contributed by atoms with van der Waals surface area (Å²) in [7, 11) is 0. The van der Waals surface area contributed by atoms with Crippen molar-refractivity contribution in [1.82, 2.24) is 4.90 Å². The van der Waals surface area contributed by atoms with Crippen molar-refractivity contribution in [1.29, 1.82) is 0 Å². The van der Waals surface area contributed by atoms with Crippen LogP contribution in [0.5, 0.6) is 5.75 Å². The zero-order valence-electron chi connectivity index (χ0n) is 13.9. The van der Waals surface area contributed by atoms with Gasteiger partial charge in [0.2, 0.25) is 5.91 Å². The van der Waals surface area contributed by atoms with Gasteiger partial charge in [-0.3, -0.25) is 9.59 Å². The molecular formula is C18H18F2N2O4. The van der Waals surface area contributed by atoms with E-state index in [9.17, 15) is 18.4 Å². The molecule has 0 bridgehead atoms. The number of nitrogens with one attached hydrogen (secondary N) is 1. The molecule has 26 heavy (non-hydrogen) atoms. The van der Waals surface area contributed by atoms with E-state index in [1.165, 1.54) is 36.8 Å². The van der Waals surface area contributed by atoms with E-state index in [4.69, 9.17) is 4.42 Å². The largest absolute Gasteiger partial charge is 0.472 e. The van der Waals surface area contributed by atoms with Gasteiger partial charge in [0.05, 0.1) is 11.8 Å². The summed E-state index contributed by atoms with van der Waals surface area (Å²) in [5, 5.41) is 2.76. The van der Waals surface area contributed by atoms with Gasteiger partial charge in [-0.15, -0.1) is 0 Å². The molecule has 1 fully saturated rings. The number of alkyl halides is 2. The van der Waals surface area contributed by atoms with Crippen LogP contribution in [0.1, 0.15) is 23.2 Å². The minimum Gasteiger partial charge on any atom is -0.472 e. The number of benzene rings is 1. The van der Waals surface area contributed by atoms with E-state index in [1.54, 1.807) is 11.0 Å². The second kappa shape index (κ2) is 7.99. The van der Waals surface area contributed by atoms with Crippen molar-refractivity contribution >= 4 is 17.5 Å². The van der Waals surface area contributed by atoms with Gasteiger partial charge in [0.1, 0.15) is 12.0 Å². The summed E-state index contributed by atoms with van der Waals surface area (Å²) in [4.78, 5) is 26.3. The Balaban J connectivity index is 1.50. The minimum atomic E-state index is -2.88. The Labute approximate surface area is 148 Å². The lowest BCUT2D eigenvalue weighted by atomic mass is 9.95. The molecule has 8 heteroatoms. The van der Waals surface area contributed by atoms with Crippen molar-refractivity contribution in [2.45, 2.75) is 19.5 Å². The molecule has 0 spiro atoms. The highest BCUT2D eigenvalue weighted by atomic mass is 19.3. The number of carbonyl (C=O) groups is 2. The highest BCUT2D eigenvalue weighted by Crippen LogP contribution is 2.22. The number of hydrogen-bond acceptors (Lipinski definition) is 4. The van der Waals surface area contributed by atoms with Gasteiger partial charge < -0.3 is 19.4 Å². The average molecular weight is 364 g/mol. The molecule has 0 radical (unpaired) electrons. The summed E-state index contributed by atoms with van der Waals surface area (Å²) in [6.45, 7) is -1.91. The number of carbonyl (C=O) groups excluding carboxylic acids is 2. The van der Waals surface area contributed by atoms with Gasteiger partial charge in [-0.05, 0) is 43.2 Å². The molecule has 2 heterocycles. The summed E-state index contributed by atoms with van der Waals surface area (Å²) >= 11 is 0. The molecule has 1 aromatic heterocycles. The maximum absolute atomic E-state index is 12.4. The minimum absolute atomic E-state index is 0.0315. The number of ether oxygens (including phenoxy) is 1. The molecule has 0 atom stereocenters. The maximum atomic E-state index is 12.4. The first-order valence-electron chi connectivity index (χ1n) is 8.20. The summed E-state index contributed by atoms with van der Waals surface area (Å²) in [6, 6.07) is 7.37. The van der Waals surface area contributed by atoms with E-state index in [0.29, 0.717) is 37.2 Å². The lowest BCUT2D eigenvalue weighted by molar-refractivity contribution is -0.121. The molecule has 1 aliphatic heterocycles. The number of rotatable bonds is 5. The zero-order valence-corrected chi connectivity index (χ0v) is 13.9. The van der Waals surface area contributed by atoms with Gasteiger partial charge in [0, 0.05) is 24.7 Å². The number of piperidine rings is 1. The topological polar surface area (TPSA) is 71.8 Å². The van der Waals surface area contributed by atoms with Crippen LogP contribution in [0.15, 0.2) is 47.3 Å². The van der Waals surface area contributed by atoms with Gasteiger partial charge in [-0.2, -0.15) is 8.78 Å².